The molecule has 2 bridgehead atoms. The average Bonchev–Trinajstić information content (AvgIpc) is 3.36. The number of benzene rings is 1. The summed E-state index contributed by atoms with van der Waals surface area (Å²) in [5.41, 5.74) is 0.747. The number of halogens is 1. The van der Waals surface area contributed by atoms with Crippen LogP contribution in [0.3, 0.4) is 0 Å². The smallest absolute Gasteiger partial charge is 0.254 e. The molecule has 6 nitrogen and oxygen atoms in total. The molecule has 3 aliphatic rings. The van der Waals surface area contributed by atoms with Gasteiger partial charge in [-0.25, -0.2) is 0 Å². The molecule has 0 aromatic heterocycles. The first-order valence-corrected chi connectivity index (χ1v) is 10.7. The molecule has 2 aliphatic carbocycles. The maximum absolute atomic E-state index is 12.7. The molecule has 0 radical (unpaired) electrons. The summed E-state index contributed by atoms with van der Waals surface area (Å²) in [6.45, 7) is 4.07. The standard InChI is InChI=1S/C21H23IN2O4/c1-4-11(2)28-19-15(22)7-12(8-16(19)27-3)10-23-24-20(25)17-13-5-6-14(9-13)18(17)21(24)26/h5-8,10-11,13-14,17-18H,4,9H2,1-3H3/t11-,13-,14-,17-,18+/m0/s1. The van der Waals surface area contributed by atoms with E-state index >= 15 is 0 Å². The molecule has 2 fully saturated rings. The van der Waals surface area contributed by atoms with Crippen molar-refractivity contribution in [1.82, 2.24) is 5.01 Å². The SMILES string of the molecule is CC[C@H](C)Oc1c(I)cc(C=NN2C(=O)[C@@H]3[C@H](C2=O)[C@H]2C=C[C@H]3C2)cc1OC. The van der Waals surface area contributed by atoms with Crippen LogP contribution < -0.4 is 9.47 Å². The Bertz CT molecular complexity index is 851. The lowest BCUT2D eigenvalue weighted by Gasteiger charge is -2.17. The van der Waals surface area contributed by atoms with Crippen LogP contribution in [0, 0.1) is 27.2 Å². The molecule has 0 spiro atoms. The summed E-state index contributed by atoms with van der Waals surface area (Å²) >= 11 is 2.19. The van der Waals surface area contributed by atoms with E-state index in [2.05, 4.69) is 46.8 Å². The Kier molecular flexibility index (Phi) is 5.20. The third-order valence-electron chi connectivity index (χ3n) is 5.92. The Morgan fingerprint density at radius 2 is 1.89 bits per heavy atom. The van der Waals surface area contributed by atoms with Gasteiger partial charge in [-0.3, -0.25) is 9.59 Å². The Balaban J connectivity index is 1.56. The molecule has 148 valence electrons. The molecule has 4 rings (SSSR count). The van der Waals surface area contributed by atoms with E-state index in [9.17, 15) is 9.59 Å². The molecular formula is C21H23IN2O4. The first kappa shape index (κ1) is 19.4. The molecule has 7 heteroatoms. The van der Waals surface area contributed by atoms with Crippen LogP contribution in [-0.2, 0) is 9.59 Å². The predicted octanol–water partition coefficient (Wildman–Crippen LogP) is 3.62. The minimum atomic E-state index is -0.236. The third kappa shape index (κ3) is 3.13. The molecule has 1 saturated carbocycles. The van der Waals surface area contributed by atoms with Gasteiger partial charge >= 0.3 is 0 Å². The fourth-order valence-electron chi connectivity index (χ4n) is 4.34. The summed E-state index contributed by atoms with van der Waals surface area (Å²) in [6, 6.07) is 3.71. The maximum Gasteiger partial charge on any atom is 0.254 e. The highest BCUT2D eigenvalue weighted by Gasteiger charge is 2.59. The van der Waals surface area contributed by atoms with Gasteiger partial charge in [-0.2, -0.15) is 10.1 Å². The highest BCUT2D eigenvalue weighted by atomic mass is 127. The summed E-state index contributed by atoms with van der Waals surface area (Å²) < 4.78 is 12.3. The quantitative estimate of drug-likeness (QED) is 0.262. The van der Waals surface area contributed by atoms with E-state index in [0.29, 0.717) is 11.5 Å². The fourth-order valence-corrected chi connectivity index (χ4v) is 5.09. The number of ether oxygens (including phenoxy) is 2. The Morgan fingerprint density at radius 1 is 1.25 bits per heavy atom. The van der Waals surface area contributed by atoms with Crippen molar-refractivity contribution in [2.24, 2.45) is 28.8 Å². The van der Waals surface area contributed by atoms with Gasteiger partial charge in [-0.15, -0.1) is 0 Å². The van der Waals surface area contributed by atoms with Crippen molar-refractivity contribution in [2.45, 2.75) is 32.8 Å². The van der Waals surface area contributed by atoms with Crippen molar-refractivity contribution in [3.8, 4) is 11.5 Å². The van der Waals surface area contributed by atoms with Gasteiger partial charge in [-0.05, 0) is 71.9 Å². The summed E-state index contributed by atoms with van der Waals surface area (Å²) in [6.07, 6.45) is 7.58. The first-order valence-electron chi connectivity index (χ1n) is 9.58. The average molecular weight is 494 g/mol. The van der Waals surface area contributed by atoms with Crippen molar-refractivity contribution in [3.05, 3.63) is 33.4 Å². The number of carbonyl (C=O) groups is 2. The topological polar surface area (TPSA) is 68.2 Å². The third-order valence-corrected chi connectivity index (χ3v) is 6.72. The van der Waals surface area contributed by atoms with Crippen molar-refractivity contribution in [3.63, 3.8) is 0 Å². The highest BCUT2D eigenvalue weighted by molar-refractivity contribution is 14.1. The molecule has 5 atom stereocenters. The second kappa shape index (κ2) is 7.50. The number of rotatable bonds is 6. The molecule has 1 heterocycles. The number of methoxy groups -OCH3 is 1. The van der Waals surface area contributed by atoms with Crippen molar-refractivity contribution in [1.29, 1.82) is 0 Å². The zero-order chi connectivity index (χ0) is 20.0. The molecule has 2 amide bonds. The number of amides is 2. The summed E-state index contributed by atoms with van der Waals surface area (Å²) in [5.74, 6) is 0.838. The van der Waals surface area contributed by atoms with Crippen molar-refractivity contribution < 1.29 is 19.1 Å². The largest absolute Gasteiger partial charge is 0.493 e. The van der Waals surface area contributed by atoms with Gasteiger partial charge in [0.2, 0.25) is 0 Å². The lowest BCUT2D eigenvalue weighted by atomic mass is 9.85. The number of nitrogens with zero attached hydrogens (tertiary/aromatic N) is 2. The van der Waals surface area contributed by atoms with Gasteiger partial charge < -0.3 is 9.47 Å². The molecule has 0 unspecified atom stereocenters. The van der Waals surface area contributed by atoms with E-state index in [1.54, 1.807) is 19.4 Å². The van der Waals surface area contributed by atoms with Crippen LogP contribution >= 0.6 is 22.6 Å². The number of imide groups is 1. The van der Waals surface area contributed by atoms with Crippen LogP contribution in [0.1, 0.15) is 32.3 Å². The fraction of sp³-hybridized carbons (Fsp3) is 0.476. The van der Waals surface area contributed by atoms with Crippen LogP contribution in [-0.4, -0.2) is 36.3 Å². The number of hydrogen-bond acceptors (Lipinski definition) is 5. The van der Waals surface area contributed by atoms with Crippen LogP contribution in [0.15, 0.2) is 29.4 Å². The second-order valence-electron chi connectivity index (χ2n) is 7.60. The first-order chi connectivity index (χ1) is 13.4. The molecule has 1 aromatic rings. The number of hydrogen-bond donors (Lipinski definition) is 0. The maximum atomic E-state index is 12.7. The minimum Gasteiger partial charge on any atom is -0.493 e. The van der Waals surface area contributed by atoms with E-state index in [4.69, 9.17) is 9.47 Å². The summed E-state index contributed by atoms with van der Waals surface area (Å²) in [5, 5.41) is 5.30. The van der Waals surface area contributed by atoms with Gasteiger partial charge in [0.1, 0.15) is 0 Å². The van der Waals surface area contributed by atoms with Gasteiger partial charge in [0.25, 0.3) is 11.8 Å². The normalized spacial score (nSPS) is 29.1. The van der Waals surface area contributed by atoms with E-state index in [0.717, 1.165) is 27.0 Å². The summed E-state index contributed by atoms with van der Waals surface area (Å²) in [7, 11) is 1.59. The Hall–Kier alpha value is -1.90. The Morgan fingerprint density at radius 3 is 2.46 bits per heavy atom. The lowest BCUT2D eigenvalue weighted by Crippen LogP contribution is -2.28. The molecule has 1 aromatic carbocycles. The molecule has 28 heavy (non-hydrogen) atoms. The highest BCUT2D eigenvalue weighted by Crippen LogP contribution is 2.52. The van der Waals surface area contributed by atoms with Gasteiger partial charge in [0.05, 0.1) is 34.8 Å². The van der Waals surface area contributed by atoms with E-state index in [1.807, 2.05) is 13.0 Å². The van der Waals surface area contributed by atoms with Gasteiger partial charge in [-0.1, -0.05) is 19.1 Å². The lowest BCUT2D eigenvalue weighted by molar-refractivity contribution is -0.140. The predicted molar refractivity (Wildman–Crippen MR) is 113 cm³/mol. The van der Waals surface area contributed by atoms with E-state index in [-0.39, 0.29) is 41.6 Å². The van der Waals surface area contributed by atoms with Crippen LogP contribution in [0.2, 0.25) is 0 Å². The minimum absolute atomic E-state index is 0.0742. The molecule has 0 N–H and O–H groups in total. The number of allylic oxidation sites excluding steroid dienone is 2. The van der Waals surface area contributed by atoms with E-state index < -0.39 is 0 Å². The van der Waals surface area contributed by atoms with Crippen LogP contribution in [0.4, 0.5) is 0 Å². The zero-order valence-corrected chi connectivity index (χ0v) is 18.3. The second-order valence-corrected chi connectivity index (χ2v) is 8.77. The zero-order valence-electron chi connectivity index (χ0n) is 16.1. The number of hydrazone groups is 1. The van der Waals surface area contributed by atoms with Crippen molar-refractivity contribution >= 4 is 40.6 Å². The number of fused-ring (bicyclic) bond motifs is 5. The van der Waals surface area contributed by atoms with E-state index in [1.165, 1.54) is 0 Å². The number of carbonyl (C=O) groups excluding carboxylic acids is 2. The molecule has 1 aliphatic heterocycles. The summed E-state index contributed by atoms with van der Waals surface area (Å²) in [4.78, 5) is 25.4. The Labute approximate surface area is 178 Å². The van der Waals surface area contributed by atoms with Gasteiger partial charge in [0.15, 0.2) is 11.5 Å². The van der Waals surface area contributed by atoms with Crippen molar-refractivity contribution in [2.75, 3.05) is 7.11 Å². The molecular weight excluding hydrogens is 471 g/mol. The van der Waals surface area contributed by atoms with Crippen LogP contribution in [0.5, 0.6) is 11.5 Å². The monoisotopic (exact) mass is 494 g/mol. The molecule has 1 saturated heterocycles. The van der Waals surface area contributed by atoms with Crippen LogP contribution in [0.25, 0.3) is 0 Å². The van der Waals surface area contributed by atoms with Gasteiger partial charge in [0, 0.05) is 0 Å².